The Labute approximate surface area is 111 Å². The van der Waals surface area contributed by atoms with E-state index in [1.165, 1.54) is 5.56 Å². The number of halogens is 1. The summed E-state index contributed by atoms with van der Waals surface area (Å²) in [7, 11) is 3.39. The molecule has 2 rings (SSSR count). The van der Waals surface area contributed by atoms with Gasteiger partial charge in [0.25, 0.3) is 0 Å². The van der Waals surface area contributed by atoms with Crippen molar-refractivity contribution < 1.29 is 9.47 Å². The van der Waals surface area contributed by atoms with Crippen LogP contribution in [0.15, 0.2) is 10.5 Å². The van der Waals surface area contributed by atoms with E-state index in [9.17, 15) is 0 Å². The largest absolute Gasteiger partial charge is 0.493 e. The van der Waals surface area contributed by atoms with E-state index < -0.39 is 0 Å². The third-order valence-electron chi connectivity index (χ3n) is 3.36. The van der Waals surface area contributed by atoms with Gasteiger partial charge in [-0.05, 0) is 26.0 Å². The van der Waals surface area contributed by atoms with Crippen molar-refractivity contribution in [3.05, 3.63) is 21.7 Å². The van der Waals surface area contributed by atoms with Gasteiger partial charge in [-0.3, -0.25) is 0 Å². The molecule has 0 saturated carbocycles. The summed E-state index contributed by atoms with van der Waals surface area (Å²) in [6.07, 6.45) is 1.15. The quantitative estimate of drug-likeness (QED) is 0.931. The fourth-order valence-electron chi connectivity index (χ4n) is 2.40. The Kier molecular flexibility index (Phi) is 3.94. The molecule has 0 aliphatic carbocycles. The van der Waals surface area contributed by atoms with E-state index in [4.69, 9.17) is 9.47 Å². The van der Waals surface area contributed by atoms with E-state index in [0.29, 0.717) is 5.92 Å². The number of rotatable bonds is 3. The van der Waals surface area contributed by atoms with Gasteiger partial charge in [0.2, 0.25) is 0 Å². The van der Waals surface area contributed by atoms with Gasteiger partial charge in [-0.2, -0.15) is 0 Å². The fraction of sp³-hybridized carbons (Fsp3) is 0.538. The lowest BCUT2D eigenvalue weighted by Gasteiger charge is -2.19. The van der Waals surface area contributed by atoms with Gasteiger partial charge >= 0.3 is 0 Å². The van der Waals surface area contributed by atoms with Crippen molar-refractivity contribution in [1.29, 1.82) is 0 Å². The Balaban J connectivity index is 2.53. The molecule has 1 heterocycles. The van der Waals surface area contributed by atoms with Gasteiger partial charge in [0, 0.05) is 28.1 Å². The summed E-state index contributed by atoms with van der Waals surface area (Å²) >= 11 is 3.59. The van der Waals surface area contributed by atoms with Gasteiger partial charge in [-0.15, -0.1) is 0 Å². The molecule has 4 heteroatoms. The number of nitrogens with one attached hydrogen (secondary N) is 1. The summed E-state index contributed by atoms with van der Waals surface area (Å²) in [5, 5.41) is 3.38. The van der Waals surface area contributed by atoms with Gasteiger partial charge in [0.1, 0.15) is 0 Å². The molecule has 1 saturated heterocycles. The SMILES string of the molecule is COc1c(C2CCNC2)cc(Br)c(C)c1OC. The van der Waals surface area contributed by atoms with Crippen LogP contribution in [0.4, 0.5) is 0 Å². The van der Waals surface area contributed by atoms with E-state index in [1.807, 2.05) is 6.92 Å². The molecule has 0 amide bonds. The van der Waals surface area contributed by atoms with E-state index >= 15 is 0 Å². The zero-order valence-corrected chi connectivity index (χ0v) is 12.1. The molecule has 17 heavy (non-hydrogen) atoms. The predicted molar refractivity (Wildman–Crippen MR) is 72.2 cm³/mol. The molecule has 1 unspecified atom stereocenters. The Morgan fingerprint density at radius 1 is 1.29 bits per heavy atom. The Morgan fingerprint density at radius 2 is 2.00 bits per heavy atom. The maximum Gasteiger partial charge on any atom is 0.165 e. The van der Waals surface area contributed by atoms with Crippen molar-refractivity contribution in [2.24, 2.45) is 0 Å². The van der Waals surface area contributed by atoms with Crippen LogP contribution in [0.2, 0.25) is 0 Å². The highest BCUT2D eigenvalue weighted by Crippen LogP contribution is 2.43. The lowest BCUT2D eigenvalue weighted by molar-refractivity contribution is 0.347. The van der Waals surface area contributed by atoms with Crippen LogP contribution in [-0.4, -0.2) is 27.3 Å². The summed E-state index contributed by atoms with van der Waals surface area (Å²) in [4.78, 5) is 0. The molecule has 0 radical (unpaired) electrons. The van der Waals surface area contributed by atoms with Crippen molar-refractivity contribution in [2.45, 2.75) is 19.3 Å². The maximum atomic E-state index is 5.54. The smallest absolute Gasteiger partial charge is 0.165 e. The first-order chi connectivity index (χ1) is 8.19. The Hall–Kier alpha value is -0.740. The molecule has 1 fully saturated rings. The predicted octanol–water partition coefficient (Wildman–Crippen LogP) is 2.85. The first kappa shape index (κ1) is 12.7. The highest BCUT2D eigenvalue weighted by atomic mass is 79.9. The summed E-state index contributed by atoms with van der Waals surface area (Å²) in [5.41, 5.74) is 2.31. The number of benzene rings is 1. The minimum absolute atomic E-state index is 0.510. The molecule has 94 valence electrons. The van der Waals surface area contributed by atoms with Crippen LogP contribution >= 0.6 is 15.9 Å². The molecule has 0 bridgehead atoms. The summed E-state index contributed by atoms with van der Waals surface area (Å²) < 4.78 is 12.1. The maximum absolute atomic E-state index is 5.54. The van der Waals surface area contributed by atoms with Crippen molar-refractivity contribution in [1.82, 2.24) is 5.32 Å². The highest BCUT2D eigenvalue weighted by molar-refractivity contribution is 9.10. The van der Waals surface area contributed by atoms with Gasteiger partial charge in [-0.1, -0.05) is 15.9 Å². The Bertz CT molecular complexity index is 414. The molecule has 1 aliphatic heterocycles. The monoisotopic (exact) mass is 299 g/mol. The topological polar surface area (TPSA) is 30.5 Å². The van der Waals surface area contributed by atoms with Crippen molar-refractivity contribution in [2.75, 3.05) is 27.3 Å². The third kappa shape index (κ3) is 2.29. The minimum atomic E-state index is 0.510. The van der Waals surface area contributed by atoms with Crippen molar-refractivity contribution >= 4 is 15.9 Å². The second kappa shape index (κ2) is 5.27. The summed E-state index contributed by atoms with van der Waals surface area (Å²) in [6, 6.07) is 2.16. The van der Waals surface area contributed by atoms with E-state index in [-0.39, 0.29) is 0 Å². The molecule has 3 nitrogen and oxygen atoms in total. The molecule has 0 aromatic heterocycles. The molecule has 1 aromatic rings. The summed E-state index contributed by atoms with van der Waals surface area (Å²) in [5.74, 6) is 2.22. The number of hydrogen-bond donors (Lipinski definition) is 1. The van der Waals surface area contributed by atoms with Gasteiger partial charge in [0.05, 0.1) is 14.2 Å². The lowest BCUT2D eigenvalue weighted by Crippen LogP contribution is -2.09. The lowest BCUT2D eigenvalue weighted by atomic mass is 9.95. The van der Waals surface area contributed by atoms with Crippen LogP contribution in [0.5, 0.6) is 11.5 Å². The highest BCUT2D eigenvalue weighted by Gasteiger charge is 2.24. The van der Waals surface area contributed by atoms with Crippen LogP contribution < -0.4 is 14.8 Å². The molecule has 1 N–H and O–H groups in total. The normalized spacial score (nSPS) is 19.4. The van der Waals surface area contributed by atoms with Crippen LogP contribution in [-0.2, 0) is 0 Å². The second-order valence-electron chi connectivity index (χ2n) is 4.33. The molecular formula is C13H18BrNO2. The molecule has 0 spiro atoms. The third-order valence-corrected chi connectivity index (χ3v) is 4.18. The Morgan fingerprint density at radius 3 is 2.53 bits per heavy atom. The van der Waals surface area contributed by atoms with Crippen LogP contribution in [0.25, 0.3) is 0 Å². The number of hydrogen-bond acceptors (Lipinski definition) is 3. The van der Waals surface area contributed by atoms with Crippen LogP contribution in [0.3, 0.4) is 0 Å². The standard InChI is InChI=1S/C13H18BrNO2/c1-8-11(14)6-10(9-4-5-15-7-9)13(17-3)12(8)16-2/h6,9,15H,4-5,7H2,1-3H3. The molecular weight excluding hydrogens is 282 g/mol. The first-order valence-corrected chi connectivity index (χ1v) is 6.60. The first-order valence-electron chi connectivity index (χ1n) is 5.80. The molecule has 1 atom stereocenters. The summed E-state index contributed by atoms with van der Waals surface area (Å²) in [6.45, 7) is 4.11. The van der Waals surface area contributed by atoms with Gasteiger partial charge < -0.3 is 14.8 Å². The van der Waals surface area contributed by atoms with Gasteiger partial charge in [0.15, 0.2) is 11.5 Å². The second-order valence-corrected chi connectivity index (χ2v) is 5.18. The average Bonchev–Trinajstić information content (AvgIpc) is 2.85. The van der Waals surface area contributed by atoms with Crippen molar-refractivity contribution in [3.8, 4) is 11.5 Å². The van der Waals surface area contributed by atoms with Gasteiger partial charge in [-0.25, -0.2) is 0 Å². The van der Waals surface area contributed by atoms with E-state index in [1.54, 1.807) is 14.2 Å². The van der Waals surface area contributed by atoms with Crippen LogP contribution in [0.1, 0.15) is 23.5 Å². The number of ether oxygens (including phenoxy) is 2. The molecule has 1 aromatic carbocycles. The molecule has 1 aliphatic rings. The zero-order chi connectivity index (χ0) is 12.4. The zero-order valence-electron chi connectivity index (χ0n) is 10.5. The number of methoxy groups -OCH3 is 2. The van der Waals surface area contributed by atoms with E-state index in [0.717, 1.165) is 41.0 Å². The van der Waals surface area contributed by atoms with E-state index in [2.05, 4.69) is 27.3 Å². The minimum Gasteiger partial charge on any atom is -0.493 e. The fourth-order valence-corrected chi connectivity index (χ4v) is 2.83. The van der Waals surface area contributed by atoms with Crippen molar-refractivity contribution in [3.63, 3.8) is 0 Å². The van der Waals surface area contributed by atoms with Crippen LogP contribution in [0, 0.1) is 6.92 Å². The average molecular weight is 300 g/mol.